The van der Waals surface area contributed by atoms with Gasteiger partial charge in [-0.2, -0.15) is 0 Å². The molecule has 14 heteroatoms. The summed E-state index contributed by atoms with van der Waals surface area (Å²) in [4.78, 5) is 27.8. The first-order chi connectivity index (χ1) is 23.5. The maximum atomic E-state index is 10.1. The predicted molar refractivity (Wildman–Crippen MR) is 190 cm³/mol. The number of ether oxygens (including phenoxy) is 2. The van der Waals surface area contributed by atoms with E-state index in [0.29, 0.717) is 0 Å². The summed E-state index contributed by atoms with van der Waals surface area (Å²) < 4.78 is 10.9. The van der Waals surface area contributed by atoms with Crippen molar-refractivity contribution in [2.75, 3.05) is 70.6 Å². The molecular formula is C34H48B2N8O4. The van der Waals surface area contributed by atoms with Gasteiger partial charge in [0.05, 0.1) is 37.6 Å². The van der Waals surface area contributed by atoms with Crippen LogP contribution in [0.4, 0.5) is 11.5 Å². The number of hydrogen-bond acceptors (Lipinski definition) is 12. The van der Waals surface area contributed by atoms with Gasteiger partial charge in [-0.05, 0) is 76.5 Å². The summed E-state index contributed by atoms with van der Waals surface area (Å²) in [5.74, 6) is 2.18. The topological polar surface area (TPSA) is 123 Å². The SMILES string of the molecule is CB(O)N1CCCC1c1cncc2c1N=C(N1CCOCC1)CC2.CB(O)N1CCCC1c1cncc2ccc(N3CCOCC3)nc12. The molecule has 254 valence electrons. The molecule has 0 saturated carbocycles. The number of aromatic nitrogens is 3. The molecule has 0 aromatic carbocycles. The molecular weight excluding hydrogens is 606 g/mol. The van der Waals surface area contributed by atoms with Crippen LogP contribution in [-0.2, 0) is 15.9 Å². The predicted octanol–water partition coefficient (Wildman–Crippen LogP) is 3.35. The average molecular weight is 654 g/mol. The molecule has 0 bridgehead atoms. The average Bonchev–Trinajstić information content (AvgIpc) is 3.83. The van der Waals surface area contributed by atoms with Crippen molar-refractivity contribution in [1.82, 2.24) is 29.5 Å². The van der Waals surface area contributed by atoms with E-state index in [1.807, 2.05) is 38.4 Å². The first-order valence-electron chi connectivity index (χ1n) is 17.8. The Hall–Kier alpha value is -3.13. The summed E-state index contributed by atoms with van der Waals surface area (Å²) in [7, 11) is -0.880. The van der Waals surface area contributed by atoms with Crippen LogP contribution in [0.25, 0.3) is 10.9 Å². The quantitative estimate of drug-likeness (QED) is 0.394. The lowest BCUT2D eigenvalue weighted by molar-refractivity contribution is 0.0671. The summed E-state index contributed by atoms with van der Waals surface area (Å²) in [5, 5.41) is 21.2. The maximum Gasteiger partial charge on any atom is 0.376 e. The van der Waals surface area contributed by atoms with E-state index in [9.17, 15) is 10.0 Å². The molecule has 2 unspecified atom stereocenters. The highest BCUT2D eigenvalue weighted by Crippen LogP contribution is 2.41. The Morgan fingerprint density at radius 2 is 1.31 bits per heavy atom. The second kappa shape index (κ2) is 15.2. The lowest BCUT2D eigenvalue weighted by atomic mass is 9.82. The number of aryl methyl sites for hydroxylation is 1. The van der Waals surface area contributed by atoms with Crippen LogP contribution in [-0.4, -0.2) is 125 Å². The number of nitrogens with zero attached hydrogens (tertiary/aromatic N) is 8. The Balaban J connectivity index is 0.000000152. The maximum absolute atomic E-state index is 10.1. The molecule has 0 aliphatic carbocycles. The third-order valence-electron chi connectivity index (χ3n) is 10.5. The van der Waals surface area contributed by atoms with Crippen LogP contribution in [0.1, 0.15) is 60.9 Å². The van der Waals surface area contributed by atoms with Crippen LogP contribution in [0.3, 0.4) is 0 Å². The van der Waals surface area contributed by atoms with Gasteiger partial charge in [0.1, 0.15) is 11.7 Å². The van der Waals surface area contributed by atoms with Gasteiger partial charge < -0.3 is 38.9 Å². The summed E-state index contributed by atoms with van der Waals surface area (Å²) in [5.41, 5.74) is 5.64. The molecule has 0 spiro atoms. The molecule has 4 fully saturated rings. The monoisotopic (exact) mass is 654 g/mol. The zero-order chi connectivity index (χ0) is 33.0. The second-order valence-corrected chi connectivity index (χ2v) is 13.5. The molecule has 48 heavy (non-hydrogen) atoms. The molecule has 2 N–H and O–H groups in total. The largest absolute Gasteiger partial charge is 0.437 e. The van der Waals surface area contributed by atoms with E-state index in [1.165, 1.54) is 17.0 Å². The van der Waals surface area contributed by atoms with Crippen molar-refractivity contribution in [3.63, 3.8) is 0 Å². The van der Waals surface area contributed by atoms with E-state index in [4.69, 9.17) is 19.5 Å². The fraction of sp³-hybridized carbons (Fsp3) is 0.588. The van der Waals surface area contributed by atoms with E-state index in [-0.39, 0.29) is 12.1 Å². The smallest absolute Gasteiger partial charge is 0.376 e. The molecule has 8 heterocycles. The van der Waals surface area contributed by atoms with E-state index in [1.54, 1.807) is 0 Å². The van der Waals surface area contributed by atoms with Gasteiger partial charge in [-0.1, -0.05) is 0 Å². The van der Waals surface area contributed by atoms with Crippen molar-refractivity contribution >= 4 is 42.3 Å². The number of aliphatic imine (C=N–C) groups is 1. The number of rotatable bonds is 5. The Morgan fingerprint density at radius 3 is 1.98 bits per heavy atom. The molecule has 2 atom stereocenters. The Labute approximate surface area is 284 Å². The normalized spacial score (nSPS) is 23.5. The van der Waals surface area contributed by atoms with Gasteiger partial charge >= 0.3 is 14.1 Å². The summed E-state index contributed by atoms with van der Waals surface area (Å²) in [6.45, 7) is 12.2. The second-order valence-electron chi connectivity index (χ2n) is 13.5. The summed E-state index contributed by atoms with van der Waals surface area (Å²) in [6, 6.07) is 4.58. The number of fused-ring (bicyclic) bond motifs is 2. The van der Waals surface area contributed by atoms with Gasteiger partial charge in [0.2, 0.25) is 0 Å². The standard InChI is InChI=1S/C17H25BN4O2.C17H23BN4O2/c2*1-18(23)22-6-2-3-15(22)14-12-19-11-13-4-5-16(20-17(13)14)21-7-9-24-10-8-21/h11-12,15,23H,2-10H2,1H3;4-5,11-12,15,23H,2-3,6-10H2,1H3. The van der Waals surface area contributed by atoms with Crippen molar-refractivity contribution in [3.8, 4) is 0 Å². The zero-order valence-corrected chi connectivity index (χ0v) is 28.4. The molecule has 5 aliphatic rings. The van der Waals surface area contributed by atoms with Crippen molar-refractivity contribution in [2.24, 2.45) is 4.99 Å². The molecule has 3 aromatic rings. The van der Waals surface area contributed by atoms with Crippen molar-refractivity contribution < 1.29 is 19.5 Å². The van der Waals surface area contributed by atoms with Gasteiger partial charge in [0.25, 0.3) is 0 Å². The van der Waals surface area contributed by atoms with Crippen LogP contribution in [0.5, 0.6) is 0 Å². The van der Waals surface area contributed by atoms with Crippen molar-refractivity contribution in [3.05, 3.63) is 53.6 Å². The van der Waals surface area contributed by atoms with Crippen molar-refractivity contribution in [1.29, 1.82) is 0 Å². The van der Waals surface area contributed by atoms with Gasteiger partial charge in [0, 0.05) is 86.0 Å². The molecule has 3 aromatic heterocycles. The molecule has 12 nitrogen and oxygen atoms in total. The molecule has 0 radical (unpaired) electrons. The molecule has 4 saturated heterocycles. The minimum absolute atomic E-state index is 0.189. The fourth-order valence-corrected chi connectivity index (χ4v) is 7.97. The highest BCUT2D eigenvalue weighted by atomic mass is 16.5. The molecule has 8 rings (SSSR count). The lowest BCUT2D eigenvalue weighted by Gasteiger charge is -2.33. The fourth-order valence-electron chi connectivity index (χ4n) is 7.97. The van der Waals surface area contributed by atoms with Gasteiger partial charge in [0.15, 0.2) is 0 Å². The van der Waals surface area contributed by atoms with Gasteiger partial charge in [-0.15, -0.1) is 0 Å². The number of pyridine rings is 3. The van der Waals surface area contributed by atoms with Gasteiger partial charge in [-0.3, -0.25) is 9.97 Å². The van der Waals surface area contributed by atoms with E-state index in [2.05, 4.69) is 41.5 Å². The summed E-state index contributed by atoms with van der Waals surface area (Å²) >= 11 is 0. The van der Waals surface area contributed by atoms with Crippen molar-refractivity contribution in [2.45, 2.75) is 64.3 Å². The first-order valence-corrected chi connectivity index (χ1v) is 17.8. The van der Waals surface area contributed by atoms with E-state index in [0.717, 1.165) is 132 Å². The Bertz CT molecular complexity index is 1580. The van der Waals surface area contributed by atoms with E-state index >= 15 is 0 Å². The lowest BCUT2D eigenvalue weighted by Crippen LogP contribution is -2.41. The number of hydrogen-bond donors (Lipinski definition) is 2. The summed E-state index contributed by atoms with van der Waals surface area (Å²) in [6.07, 6.45) is 14.0. The van der Waals surface area contributed by atoms with Crippen LogP contribution >= 0.6 is 0 Å². The van der Waals surface area contributed by atoms with Crippen LogP contribution in [0.15, 0.2) is 41.9 Å². The van der Waals surface area contributed by atoms with Crippen LogP contribution in [0.2, 0.25) is 13.6 Å². The third-order valence-corrected chi connectivity index (χ3v) is 10.5. The van der Waals surface area contributed by atoms with Gasteiger partial charge in [-0.25, -0.2) is 9.98 Å². The number of morpholine rings is 2. The first kappa shape index (κ1) is 33.4. The minimum Gasteiger partial charge on any atom is -0.437 e. The zero-order valence-electron chi connectivity index (χ0n) is 28.4. The molecule has 0 amide bonds. The Kier molecular flexibility index (Phi) is 10.6. The van der Waals surface area contributed by atoms with E-state index < -0.39 is 14.1 Å². The highest BCUT2D eigenvalue weighted by Gasteiger charge is 2.35. The number of anilines is 1. The minimum atomic E-state index is -0.449. The third kappa shape index (κ3) is 7.10. The van der Waals surface area contributed by atoms with Crippen LogP contribution in [0, 0.1) is 0 Å². The highest BCUT2D eigenvalue weighted by molar-refractivity contribution is 6.45. The number of amidine groups is 1. The molecule has 5 aliphatic heterocycles. The van der Waals surface area contributed by atoms with Crippen LogP contribution < -0.4 is 4.90 Å². The Morgan fingerprint density at radius 1 is 0.708 bits per heavy atom.